The fraction of sp³-hybridized carbons (Fsp3) is 0.200. The summed E-state index contributed by atoms with van der Waals surface area (Å²) in [7, 11) is 0. The summed E-state index contributed by atoms with van der Waals surface area (Å²) in [5.74, 6) is -0.0827. The summed E-state index contributed by atoms with van der Waals surface area (Å²) in [6.07, 6.45) is 0.897. The molecule has 6 heteroatoms. The van der Waals surface area contributed by atoms with E-state index in [4.69, 9.17) is 10.1 Å². The lowest BCUT2D eigenvalue weighted by Gasteiger charge is -2.11. The topological polar surface area (TPSA) is 76.4 Å². The van der Waals surface area contributed by atoms with Crippen LogP contribution in [0.4, 0.5) is 5.69 Å². The maximum atomic E-state index is 12.5. The molecule has 0 atom stereocenters. The lowest BCUT2D eigenvalue weighted by atomic mass is 10.1. The first-order valence-electron chi connectivity index (χ1n) is 10.2. The lowest BCUT2D eigenvalue weighted by Crippen LogP contribution is -2.14. The fourth-order valence-electron chi connectivity index (χ4n) is 3.69. The van der Waals surface area contributed by atoms with Crippen LogP contribution in [0.1, 0.15) is 40.7 Å². The van der Waals surface area contributed by atoms with Crippen molar-refractivity contribution in [2.45, 2.75) is 33.6 Å². The average molecular weight is 412 g/mol. The minimum absolute atomic E-state index is 0.000706. The van der Waals surface area contributed by atoms with Crippen LogP contribution in [0.2, 0.25) is 0 Å². The number of aromatic nitrogens is 3. The van der Waals surface area contributed by atoms with E-state index in [0.29, 0.717) is 24.1 Å². The zero-order valence-electron chi connectivity index (χ0n) is 17.8. The van der Waals surface area contributed by atoms with Crippen LogP contribution in [0.25, 0.3) is 16.9 Å². The molecule has 4 aromatic rings. The number of anilines is 1. The first-order chi connectivity index (χ1) is 14.9. The van der Waals surface area contributed by atoms with Crippen LogP contribution in [0.3, 0.4) is 0 Å². The summed E-state index contributed by atoms with van der Waals surface area (Å²) in [6, 6.07) is 18.9. The van der Waals surface area contributed by atoms with Gasteiger partial charge in [-0.15, -0.1) is 0 Å². The molecule has 0 aliphatic carbocycles. The minimum atomic E-state index is -0.0834. The molecule has 0 fully saturated rings. The van der Waals surface area contributed by atoms with E-state index in [0.717, 1.165) is 33.9 Å². The zero-order chi connectivity index (χ0) is 22.0. The fourth-order valence-corrected chi connectivity index (χ4v) is 3.69. The summed E-state index contributed by atoms with van der Waals surface area (Å²) < 4.78 is 1.85. The van der Waals surface area contributed by atoms with E-state index in [1.807, 2.05) is 54.8 Å². The number of ketones is 1. The van der Waals surface area contributed by atoms with Gasteiger partial charge >= 0.3 is 0 Å². The number of nitrogens with one attached hydrogen (secondary N) is 1. The first kappa shape index (κ1) is 20.5. The number of carbonyl (C=O) groups is 2. The largest absolute Gasteiger partial charge is 0.326 e. The SMILES string of the molecule is CC(=O)c1ccc(NC(=O)CCc2c(C)nc3cc(-c4ccccc4)nn3c2C)cc1. The van der Waals surface area contributed by atoms with Gasteiger partial charge in [-0.3, -0.25) is 9.59 Å². The maximum absolute atomic E-state index is 12.5. The van der Waals surface area contributed by atoms with Crippen LogP contribution >= 0.6 is 0 Å². The Morgan fingerprint density at radius 1 is 1.00 bits per heavy atom. The van der Waals surface area contributed by atoms with E-state index < -0.39 is 0 Å². The third kappa shape index (κ3) is 4.38. The highest BCUT2D eigenvalue weighted by Crippen LogP contribution is 2.22. The van der Waals surface area contributed by atoms with Gasteiger partial charge in [0.15, 0.2) is 11.4 Å². The van der Waals surface area contributed by atoms with Gasteiger partial charge in [-0.25, -0.2) is 9.50 Å². The molecule has 2 heterocycles. The van der Waals surface area contributed by atoms with Crippen molar-refractivity contribution >= 4 is 23.0 Å². The van der Waals surface area contributed by atoms with E-state index in [-0.39, 0.29) is 11.7 Å². The Kier molecular flexibility index (Phi) is 5.62. The molecular formula is C25H24N4O2. The van der Waals surface area contributed by atoms with Gasteiger partial charge in [-0.1, -0.05) is 30.3 Å². The normalized spacial score (nSPS) is 10.9. The second kappa shape index (κ2) is 8.52. The summed E-state index contributed by atoms with van der Waals surface area (Å²) >= 11 is 0. The van der Waals surface area contributed by atoms with E-state index >= 15 is 0 Å². The highest BCUT2D eigenvalue weighted by molar-refractivity contribution is 5.95. The molecule has 2 aromatic heterocycles. The Morgan fingerprint density at radius 3 is 2.39 bits per heavy atom. The quantitative estimate of drug-likeness (QED) is 0.462. The third-order valence-corrected chi connectivity index (χ3v) is 5.41. The number of rotatable bonds is 6. The van der Waals surface area contributed by atoms with Crippen molar-refractivity contribution in [2.75, 3.05) is 5.32 Å². The highest BCUT2D eigenvalue weighted by atomic mass is 16.1. The smallest absolute Gasteiger partial charge is 0.224 e. The molecule has 0 saturated carbocycles. The Hall–Kier alpha value is -3.80. The Morgan fingerprint density at radius 2 is 1.71 bits per heavy atom. The number of hydrogen-bond acceptors (Lipinski definition) is 4. The average Bonchev–Trinajstić information content (AvgIpc) is 3.19. The molecule has 31 heavy (non-hydrogen) atoms. The molecular weight excluding hydrogens is 388 g/mol. The number of Topliss-reactive ketones (excluding diaryl/α,β-unsaturated/α-hetero) is 1. The second-order valence-corrected chi connectivity index (χ2v) is 7.61. The number of fused-ring (bicyclic) bond motifs is 1. The standard InChI is InChI=1S/C25H24N4O2/c1-16-22(13-14-25(31)27-21-11-9-19(10-12-21)18(3)30)17(2)29-24(26-16)15-23(28-29)20-7-5-4-6-8-20/h4-12,15H,13-14H2,1-3H3,(H,27,31). The molecule has 0 spiro atoms. The van der Waals surface area contributed by atoms with Crippen molar-refractivity contribution in [1.82, 2.24) is 14.6 Å². The molecule has 0 saturated heterocycles. The van der Waals surface area contributed by atoms with E-state index in [2.05, 4.69) is 5.32 Å². The second-order valence-electron chi connectivity index (χ2n) is 7.61. The van der Waals surface area contributed by atoms with E-state index in [1.54, 1.807) is 24.3 Å². The van der Waals surface area contributed by atoms with Crippen LogP contribution in [0, 0.1) is 13.8 Å². The number of carbonyl (C=O) groups excluding carboxylic acids is 2. The maximum Gasteiger partial charge on any atom is 0.224 e. The van der Waals surface area contributed by atoms with Crippen molar-refractivity contribution in [1.29, 1.82) is 0 Å². The number of hydrogen-bond donors (Lipinski definition) is 1. The van der Waals surface area contributed by atoms with Crippen molar-refractivity contribution in [3.05, 3.63) is 83.2 Å². The molecule has 0 radical (unpaired) electrons. The Balaban J connectivity index is 1.50. The summed E-state index contributed by atoms with van der Waals surface area (Å²) in [5, 5.41) is 7.61. The number of benzene rings is 2. The summed E-state index contributed by atoms with van der Waals surface area (Å²) in [4.78, 5) is 28.5. The van der Waals surface area contributed by atoms with Gasteiger partial charge in [0.2, 0.25) is 5.91 Å². The first-order valence-corrected chi connectivity index (χ1v) is 10.2. The molecule has 2 aromatic carbocycles. The molecule has 1 amide bonds. The predicted molar refractivity (Wildman–Crippen MR) is 121 cm³/mol. The van der Waals surface area contributed by atoms with Gasteiger partial charge in [0, 0.05) is 40.7 Å². The van der Waals surface area contributed by atoms with Crippen LogP contribution in [-0.4, -0.2) is 26.3 Å². The van der Waals surface area contributed by atoms with Gasteiger partial charge in [-0.05, 0) is 57.0 Å². The van der Waals surface area contributed by atoms with Crippen LogP contribution in [-0.2, 0) is 11.2 Å². The van der Waals surface area contributed by atoms with Crippen LogP contribution in [0.5, 0.6) is 0 Å². The number of amides is 1. The minimum Gasteiger partial charge on any atom is -0.326 e. The van der Waals surface area contributed by atoms with Crippen LogP contribution < -0.4 is 5.32 Å². The molecule has 0 aliphatic heterocycles. The van der Waals surface area contributed by atoms with Crippen molar-refractivity contribution < 1.29 is 9.59 Å². The Bertz CT molecular complexity index is 1260. The van der Waals surface area contributed by atoms with Gasteiger partial charge in [-0.2, -0.15) is 5.10 Å². The predicted octanol–water partition coefficient (Wildman–Crippen LogP) is 4.79. The molecule has 156 valence electrons. The molecule has 6 nitrogen and oxygen atoms in total. The van der Waals surface area contributed by atoms with Crippen LogP contribution in [0.15, 0.2) is 60.7 Å². The van der Waals surface area contributed by atoms with E-state index in [1.165, 1.54) is 6.92 Å². The molecule has 0 aliphatic rings. The molecule has 1 N–H and O–H groups in total. The summed E-state index contributed by atoms with van der Waals surface area (Å²) in [6.45, 7) is 5.50. The summed E-state index contributed by atoms with van der Waals surface area (Å²) in [5.41, 5.74) is 6.94. The van der Waals surface area contributed by atoms with Crippen molar-refractivity contribution in [2.24, 2.45) is 0 Å². The monoisotopic (exact) mass is 412 g/mol. The van der Waals surface area contributed by atoms with Gasteiger partial charge in [0.1, 0.15) is 0 Å². The van der Waals surface area contributed by atoms with Gasteiger partial charge < -0.3 is 5.32 Å². The van der Waals surface area contributed by atoms with Crippen molar-refractivity contribution in [3.8, 4) is 11.3 Å². The van der Waals surface area contributed by atoms with E-state index in [9.17, 15) is 9.59 Å². The molecule has 4 rings (SSSR count). The van der Waals surface area contributed by atoms with Gasteiger partial charge in [0.25, 0.3) is 0 Å². The number of nitrogens with zero attached hydrogens (tertiary/aromatic N) is 3. The van der Waals surface area contributed by atoms with Crippen molar-refractivity contribution in [3.63, 3.8) is 0 Å². The zero-order valence-corrected chi connectivity index (χ0v) is 17.8. The number of aryl methyl sites for hydroxylation is 2. The highest BCUT2D eigenvalue weighted by Gasteiger charge is 2.14. The third-order valence-electron chi connectivity index (χ3n) is 5.41. The molecule has 0 bridgehead atoms. The lowest BCUT2D eigenvalue weighted by molar-refractivity contribution is -0.116. The van der Waals surface area contributed by atoms with Gasteiger partial charge in [0.05, 0.1) is 5.69 Å². The Labute approximate surface area is 180 Å². The molecule has 0 unspecified atom stereocenters.